The summed E-state index contributed by atoms with van der Waals surface area (Å²) in [5.74, 6) is 0.0712. The van der Waals surface area contributed by atoms with Crippen molar-refractivity contribution in [2.45, 2.75) is 39.2 Å². The topological polar surface area (TPSA) is 72.6 Å². The highest BCUT2D eigenvalue weighted by Gasteiger charge is 2.17. The minimum atomic E-state index is -0.158. The first-order valence-corrected chi connectivity index (χ1v) is 10.7. The lowest BCUT2D eigenvalue weighted by Crippen LogP contribution is -2.06. The van der Waals surface area contributed by atoms with Crippen molar-refractivity contribution in [2.75, 3.05) is 6.61 Å². The quantitative estimate of drug-likeness (QED) is 0.368. The van der Waals surface area contributed by atoms with Crippen LogP contribution < -0.4 is 5.43 Å². The molecular formula is C23H23NO4S. The van der Waals surface area contributed by atoms with Gasteiger partial charge in [0.2, 0.25) is 5.43 Å². The van der Waals surface area contributed by atoms with Crippen molar-refractivity contribution in [2.24, 2.45) is 0 Å². The number of thiazole rings is 1. The number of para-hydroxylation sites is 1. The van der Waals surface area contributed by atoms with Crippen LogP contribution in [0, 0.1) is 0 Å². The number of phenols is 1. The summed E-state index contributed by atoms with van der Waals surface area (Å²) in [5, 5.41) is 11.3. The molecule has 2 heterocycles. The normalized spacial score (nSPS) is 11.5. The van der Waals surface area contributed by atoms with Gasteiger partial charge in [0, 0.05) is 6.61 Å². The van der Waals surface area contributed by atoms with Crippen LogP contribution >= 0.6 is 11.3 Å². The van der Waals surface area contributed by atoms with Crippen LogP contribution in [-0.4, -0.2) is 16.7 Å². The van der Waals surface area contributed by atoms with Gasteiger partial charge < -0.3 is 14.3 Å². The highest BCUT2D eigenvalue weighted by molar-refractivity contribution is 7.21. The standard InChI is InChI=1S/C23H23NO4S/c1-2-3-4-7-12-27-13-16-19(25)11-10-15-21(26)17(14-28-22(15)16)23-24-18-8-5-6-9-20(18)29-23/h5-6,8-11,14,25H,2-4,7,12-13H2,1H3. The Morgan fingerprint density at radius 3 is 2.83 bits per heavy atom. The molecule has 4 rings (SSSR count). The van der Waals surface area contributed by atoms with E-state index in [-0.39, 0.29) is 17.8 Å². The lowest BCUT2D eigenvalue weighted by Gasteiger charge is -2.09. The summed E-state index contributed by atoms with van der Waals surface area (Å²) in [6.45, 7) is 2.99. The van der Waals surface area contributed by atoms with E-state index >= 15 is 0 Å². The molecule has 0 amide bonds. The second-order valence-electron chi connectivity index (χ2n) is 7.02. The average Bonchev–Trinajstić information content (AvgIpc) is 3.16. The van der Waals surface area contributed by atoms with Gasteiger partial charge in [0.15, 0.2) is 0 Å². The van der Waals surface area contributed by atoms with Gasteiger partial charge >= 0.3 is 0 Å². The molecule has 0 aliphatic heterocycles. The molecule has 2 aromatic carbocycles. The number of unbranched alkanes of at least 4 members (excludes halogenated alkanes) is 3. The zero-order chi connectivity index (χ0) is 20.2. The predicted molar refractivity (Wildman–Crippen MR) is 117 cm³/mol. The second-order valence-corrected chi connectivity index (χ2v) is 8.05. The van der Waals surface area contributed by atoms with Crippen molar-refractivity contribution in [1.82, 2.24) is 4.98 Å². The fourth-order valence-corrected chi connectivity index (χ4v) is 4.29. The maximum Gasteiger partial charge on any atom is 0.202 e. The maximum absolute atomic E-state index is 13.1. The van der Waals surface area contributed by atoms with E-state index < -0.39 is 0 Å². The summed E-state index contributed by atoms with van der Waals surface area (Å²) in [7, 11) is 0. The molecule has 4 aromatic rings. The summed E-state index contributed by atoms with van der Waals surface area (Å²) in [5.41, 5.74) is 2.00. The van der Waals surface area contributed by atoms with E-state index in [2.05, 4.69) is 11.9 Å². The van der Waals surface area contributed by atoms with E-state index in [1.54, 1.807) is 6.07 Å². The van der Waals surface area contributed by atoms with Crippen molar-refractivity contribution < 1.29 is 14.3 Å². The summed E-state index contributed by atoms with van der Waals surface area (Å²) in [4.78, 5) is 17.7. The Kier molecular flexibility index (Phi) is 5.92. The molecule has 6 heteroatoms. The van der Waals surface area contributed by atoms with Crippen LogP contribution in [-0.2, 0) is 11.3 Å². The highest BCUT2D eigenvalue weighted by Crippen LogP contribution is 2.32. The number of benzene rings is 2. The molecule has 150 valence electrons. The van der Waals surface area contributed by atoms with Crippen LogP contribution in [0.25, 0.3) is 31.8 Å². The van der Waals surface area contributed by atoms with Crippen LogP contribution in [0.3, 0.4) is 0 Å². The molecule has 0 radical (unpaired) electrons. The highest BCUT2D eigenvalue weighted by atomic mass is 32.1. The van der Waals surface area contributed by atoms with Crippen molar-refractivity contribution >= 4 is 32.5 Å². The smallest absolute Gasteiger partial charge is 0.202 e. The summed E-state index contributed by atoms with van der Waals surface area (Å²) < 4.78 is 12.5. The van der Waals surface area contributed by atoms with Gasteiger partial charge in [0.25, 0.3) is 0 Å². The molecule has 0 saturated heterocycles. The number of ether oxygens (including phenoxy) is 1. The van der Waals surface area contributed by atoms with E-state index in [4.69, 9.17) is 9.15 Å². The molecular weight excluding hydrogens is 386 g/mol. The summed E-state index contributed by atoms with van der Waals surface area (Å²) in [6.07, 6.45) is 5.90. The van der Waals surface area contributed by atoms with Crippen molar-refractivity contribution in [1.29, 1.82) is 0 Å². The van der Waals surface area contributed by atoms with Gasteiger partial charge in [-0.3, -0.25) is 4.79 Å². The third-order valence-corrected chi connectivity index (χ3v) is 6.00. The molecule has 0 aliphatic carbocycles. The zero-order valence-corrected chi connectivity index (χ0v) is 17.1. The van der Waals surface area contributed by atoms with Gasteiger partial charge in [-0.15, -0.1) is 11.3 Å². The van der Waals surface area contributed by atoms with Gasteiger partial charge in [-0.05, 0) is 30.7 Å². The van der Waals surface area contributed by atoms with Crippen LogP contribution in [0.15, 0.2) is 51.9 Å². The molecule has 0 aliphatic rings. The number of rotatable bonds is 8. The Morgan fingerprint density at radius 1 is 1.14 bits per heavy atom. The molecule has 0 fully saturated rings. The second kappa shape index (κ2) is 8.76. The minimum absolute atomic E-state index is 0.0712. The lowest BCUT2D eigenvalue weighted by atomic mass is 10.1. The number of fused-ring (bicyclic) bond motifs is 2. The first-order valence-electron chi connectivity index (χ1n) is 9.89. The van der Waals surface area contributed by atoms with E-state index in [0.717, 1.165) is 23.1 Å². The number of aromatic nitrogens is 1. The fraction of sp³-hybridized carbons (Fsp3) is 0.304. The van der Waals surface area contributed by atoms with Crippen molar-refractivity contribution in [3.63, 3.8) is 0 Å². The Labute approximate surface area is 172 Å². The van der Waals surface area contributed by atoms with Gasteiger partial charge in [0.05, 0.1) is 33.3 Å². The van der Waals surface area contributed by atoms with Gasteiger partial charge in [-0.25, -0.2) is 4.98 Å². The Balaban J connectivity index is 1.64. The number of hydrogen-bond acceptors (Lipinski definition) is 6. The van der Waals surface area contributed by atoms with Crippen LogP contribution in [0.2, 0.25) is 0 Å². The van der Waals surface area contributed by atoms with Crippen LogP contribution in [0.4, 0.5) is 0 Å². The molecule has 29 heavy (non-hydrogen) atoms. The van der Waals surface area contributed by atoms with E-state index in [1.807, 2.05) is 24.3 Å². The van der Waals surface area contributed by atoms with Gasteiger partial charge in [0.1, 0.15) is 22.6 Å². The fourth-order valence-electron chi connectivity index (χ4n) is 3.33. The number of phenolic OH excluding ortho intramolecular Hbond substituents is 1. The molecule has 0 bridgehead atoms. The largest absolute Gasteiger partial charge is 0.507 e. The molecule has 1 N–H and O–H groups in total. The molecule has 0 spiro atoms. The van der Waals surface area contributed by atoms with E-state index in [1.165, 1.54) is 36.5 Å². The Bertz CT molecular complexity index is 1160. The predicted octanol–water partition coefficient (Wildman–Crippen LogP) is 5.87. The van der Waals surface area contributed by atoms with E-state index in [9.17, 15) is 9.90 Å². The first-order chi connectivity index (χ1) is 14.2. The zero-order valence-electron chi connectivity index (χ0n) is 16.3. The van der Waals surface area contributed by atoms with Crippen molar-refractivity contribution in [3.8, 4) is 16.3 Å². The monoisotopic (exact) mass is 409 g/mol. The number of nitrogens with zero attached hydrogens (tertiary/aromatic N) is 1. The molecule has 5 nitrogen and oxygen atoms in total. The third-order valence-electron chi connectivity index (χ3n) is 4.93. The SMILES string of the molecule is CCCCCCOCc1c(O)ccc2c(=O)c(-c3nc4ccccc4s3)coc12. The summed E-state index contributed by atoms with van der Waals surface area (Å²) in [6, 6.07) is 10.9. The minimum Gasteiger partial charge on any atom is -0.507 e. The molecule has 0 atom stereocenters. The van der Waals surface area contributed by atoms with Crippen molar-refractivity contribution in [3.05, 3.63) is 58.4 Å². The van der Waals surface area contributed by atoms with Crippen LogP contribution in [0.1, 0.15) is 38.2 Å². The lowest BCUT2D eigenvalue weighted by molar-refractivity contribution is 0.115. The van der Waals surface area contributed by atoms with Gasteiger partial charge in [-0.1, -0.05) is 38.3 Å². The number of aromatic hydroxyl groups is 1. The molecule has 0 unspecified atom stereocenters. The number of hydrogen-bond donors (Lipinski definition) is 1. The Hall–Kier alpha value is -2.70. The first kappa shape index (κ1) is 19.6. The average molecular weight is 410 g/mol. The Morgan fingerprint density at radius 2 is 2.00 bits per heavy atom. The maximum atomic E-state index is 13.1. The van der Waals surface area contributed by atoms with Gasteiger partial charge in [-0.2, -0.15) is 0 Å². The van der Waals surface area contributed by atoms with E-state index in [0.29, 0.717) is 33.7 Å². The molecule has 0 saturated carbocycles. The van der Waals surface area contributed by atoms with Crippen LogP contribution in [0.5, 0.6) is 5.75 Å². The summed E-state index contributed by atoms with van der Waals surface area (Å²) >= 11 is 1.46. The third kappa shape index (κ3) is 4.04. The molecule has 2 aromatic heterocycles.